The third-order valence-electron chi connectivity index (χ3n) is 4.08. The fraction of sp³-hybridized carbons (Fsp3) is 0.500. The molecule has 2 atom stereocenters. The first-order valence-corrected chi connectivity index (χ1v) is 7.63. The van der Waals surface area contributed by atoms with E-state index in [0.717, 1.165) is 31.5 Å². The van der Waals surface area contributed by atoms with Crippen molar-refractivity contribution in [3.8, 4) is 0 Å². The summed E-state index contributed by atoms with van der Waals surface area (Å²) in [4.78, 5) is 25.2. The van der Waals surface area contributed by atoms with Crippen molar-refractivity contribution in [2.75, 3.05) is 19.6 Å². The number of piperidine rings is 1. The Hall–Kier alpha value is -2.02. The summed E-state index contributed by atoms with van der Waals surface area (Å²) in [5.41, 5.74) is 5.54. The summed E-state index contributed by atoms with van der Waals surface area (Å²) in [5, 5.41) is 2.69. The largest absolute Gasteiger partial charge is 0.369 e. The molecule has 1 aromatic rings. The van der Waals surface area contributed by atoms with Crippen LogP contribution in [0.15, 0.2) is 18.2 Å². The van der Waals surface area contributed by atoms with Crippen molar-refractivity contribution in [2.24, 2.45) is 11.7 Å². The third-order valence-corrected chi connectivity index (χ3v) is 4.08. The van der Waals surface area contributed by atoms with Gasteiger partial charge in [0, 0.05) is 18.2 Å². The highest BCUT2D eigenvalue weighted by Gasteiger charge is 2.25. The van der Waals surface area contributed by atoms with Crippen molar-refractivity contribution < 1.29 is 18.4 Å². The first-order valence-electron chi connectivity index (χ1n) is 7.63. The predicted octanol–water partition coefficient (Wildman–Crippen LogP) is 1.34. The van der Waals surface area contributed by atoms with Gasteiger partial charge in [0.25, 0.3) is 0 Å². The normalized spacial score (nSPS) is 20.0. The Balaban J connectivity index is 1.90. The maximum Gasteiger partial charge on any atom is 0.234 e. The van der Waals surface area contributed by atoms with Crippen LogP contribution in [0.1, 0.15) is 31.4 Å². The highest BCUT2D eigenvalue weighted by Crippen LogP contribution is 2.18. The van der Waals surface area contributed by atoms with Crippen LogP contribution in [-0.4, -0.2) is 36.3 Å². The number of primary amides is 1. The van der Waals surface area contributed by atoms with Crippen LogP contribution in [0.25, 0.3) is 0 Å². The van der Waals surface area contributed by atoms with E-state index >= 15 is 0 Å². The zero-order valence-corrected chi connectivity index (χ0v) is 13.0. The molecule has 0 unspecified atom stereocenters. The Labute approximate surface area is 133 Å². The summed E-state index contributed by atoms with van der Waals surface area (Å²) in [7, 11) is 0. The van der Waals surface area contributed by atoms with Crippen molar-refractivity contribution in [1.82, 2.24) is 10.2 Å². The summed E-state index contributed by atoms with van der Waals surface area (Å²) < 4.78 is 26.6. The molecular formula is C16H21F2N3O2. The molecule has 126 valence electrons. The Morgan fingerprint density at radius 1 is 1.43 bits per heavy atom. The fourth-order valence-corrected chi connectivity index (χ4v) is 2.85. The second-order valence-electron chi connectivity index (χ2n) is 5.93. The van der Waals surface area contributed by atoms with E-state index in [-0.39, 0.29) is 29.8 Å². The smallest absolute Gasteiger partial charge is 0.234 e. The molecule has 2 amide bonds. The zero-order valence-electron chi connectivity index (χ0n) is 13.0. The number of nitrogens with two attached hydrogens (primary N) is 1. The Morgan fingerprint density at radius 3 is 2.83 bits per heavy atom. The molecule has 0 aliphatic carbocycles. The molecule has 7 heteroatoms. The number of likely N-dealkylation sites (tertiary alicyclic amines) is 1. The molecule has 23 heavy (non-hydrogen) atoms. The molecule has 1 aliphatic heterocycles. The van der Waals surface area contributed by atoms with Crippen molar-refractivity contribution in [3.05, 3.63) is 35.4 Å². The summed E-state index contributed by atoms with van der Waals surface area (Å²) >= 11 is 0. The van der Waals surface area contributed by atoms with Gasteiger partial charge >= 0.3 is 0 Å². The number of rotatable bonds is 5. The van der Waals surface area contributed by atoms with Gasteiger partial charge < -0.3 is 11.1 Å². The molecule has 0 spiro atoms. The standard InChI is InChI=1S/C16H21F2N3O2/c1-10(13-5-4-12(17)7-14(13)18)20-15(22)9-21-6-2-3-11(8-21)16(19)23/h4-5,7,10-11H,2-3,6,8-9H2,1H3,(H2,19,23)(H,20,22)/t10-,11-/m0/s1. The molecule has 2 rings (SSSR count). The number of halogens is 2. The van der Waals surface area contributed by atoms with Crippen LogP contribution < -0.4 is 11.1 Å². The van der Waals surface area contributed by atoms with Gasteiger partial charge in [-0.2, -0.15) is 0 Å². The van der Waals surface area contributed by atoms with E-state index < -0.39 is 17.7 Å². The van der Waals surface area contributed by atoms with E-state index in [9.17, 15) is 18.4 Å². The highest BCUT2D eigenvalue weighted by molar-refractivity contribution is 5.79. The van der Waals surface area contributed by atoms with E-state index in [0.29, 0.717) is 6.54 Å². The lowest BCUT2D eigenvalue weighted by atomic mass is 9.97. The van der Waals surface area contributed by atoms with E-state index in [1.54, 1.807) is 6.92 Å². The van der Waals surface area contributed by atoms with E-state index in [2.05, 4.69) is 5.32 Å². The number of nitrogens with zero attached hydrogens (tertiary/aromatic N) is 1. The highest BCUT2D eigenvalue weighted by atomic mass is 19.1. The number of hydrogen-bond acceptors (Lipinski definition) is 3. The molecule has 3 N–H and O–H groups in total. The lowest BCUT2D eigenvalue weighted by molar-refractivity contribution is -0.127. The maximum absolute atomic E-state index is 13.7. The van der Waals surface area contributed by atoms with Gasteiger partial charge in [-0.3, -0.25) is 14.5 Å². The number of hydrogen-bond donors (Lipinski definition) is 2. The van der Waals surface area contributed by atoms with Gasteiger partial charge in [-0.05, 0) is 32.4 Å². The molecule has 1 fully saturated rings. The summed E-state index contributed by atoms with van der Waals surface area (Å²) in [6.45, 7) is 2.94. The quantitative estimate of drug-likeness (QED) is 0.858. The minimum Gasteiger partial charge on any atom is -0.369 e. The minimum absolute atomic E-state index is 0.122. The van der Waals surface area contributed by atoms with Gasteiger partial charge in [-0.15, -0.1) is 0 Å². The van der Waals surface area contributed by atoms with Gasteiger partial charge in [0.15, 0.2) is 0 Å². The van der Waals surface area contributed by atoms with E-state index in [4.69, 9.17) is 5.73 Å². The fourth-order valence-electron chi connectivity index (χ4n) is 2.85. The molecule has 0 radical (unpaired) electrons. The molecule has 1 aromatic carbocycles. The molecule has 0 bridgehead atoms. The van der Waals surface area contributed by atoms with Gasteiger partial charge in [-0.1, -0.05) is 6.07 Å². The summed E-state index contributed by atoms with van der Waals surface area (Å²) in [6, 6.07) is 2.70. The van der Waals surface area contributed by atoms with Crippen molar-refractivity contribution in [3.63, 3.8) is 0 Å². The van der Waals surface area contributed by atoms with Gasteiger partial charge in [0.1, 0.15) is 11.6 Å². The van der Waals surface area contributed by atoms with Crippen molar-refractivity contribution >= 4 is 11.8 Å². The van der Waals surface area contributed by atoms with Crippen LogP contribution in [0.2, 0.25) is 0 Å². The molecule has 0 aromatic heterocycles. The van der Waals surface area contributed by atoms with Crippen molar-refractivity contribution in [1.29, 1.82) is 0 Å². The van der Waals surface area contributed by atoms with E-state index in [1.807, 2.05) is 4.90 Å². The number of carbonyl (C=O) groups is 2. The summed E-state index contributed by atoms with van der Waals surface area (Å²) in [5.74, 6) is -2.20. The van der Waals surface area contributed by atoms with Crippen LogP contribution in [0.4, 0.5) is 8.78 Å². The maximum atomic E-state index is 13.7. The topological polar surface area (TPSA) is 75.4 Å². The molecular weight excluding hydrogens is 304 g/mol. The molecule has 1 saturated heterocycles. The van der Waals surface area contributed by atoms with Crippen LogP contribution >= 0.6 is 0 Å². The van der Waals surface area contributed by atoms with E-state index in [1.165, 1.54) is 6.07 Å². The monoisotopic (exact) mass is 325 g/mol. The van der Waals surface area contributed by atoms with Crippen LogP contribution in [-0.2, 0) is 9.59 Å². The SMILES string of the molecule is C[C@H](NC(=O)CN1CCC[C@H](C(N)=O)C1)c1ccc(F)cc1F. The van der Waals surface area contributed by atoms with Gasteiger partial charge in [0.2, 0.25) is 11.8 Å². The van der Waals surface area contributed by atoms with Crippen LogP contribution in [0.5, 0.6) is 0 Å². The number of amides is 2. The Kier molecular flexibility index (Phi) is 5.65. The molecule has 5 nitrogen and oxygen atoms in total. The second-order valence-corrected chi connectivity index (χ2v) is 5.93. The first kappa shape index (κ1) is 17.3. The number of nitrogens with one attached hydrogen (secondary N) is 1. The average molecular weight is 325 g/mol. The third kappa shape index (κ3) is 4.72. The zero-order chi connectivity index (χ0) is 17.0. The predicted molar refractivity (Wildman–Crippen MR) is 81.3 cm³/mol. The Morgan fingerprint density at radius 2 is 2.17 bits per heavy atom. The Bertz CT molecular complexity index is 595. The number of benzene rings is 1. The minimum atomic E-state index is -0.690. The molecule has 1 aliphatic rings. The average Bonchev–Trinajstić information content (AvgIpc) is 2.47. The molecule has 0 saturated carbocycles. The first-order chi connectivity index (χ1) is 10.9. The van der Waals surface area contributed by atoms with Crippen molar-refractivity contribution in [2.45, 2.75) is 25.8 Å². The summed E-state index contributed by atoms with van der Waals surface area (Å²) in [6.07, 6.45) is 1.55. The number of carbonyl (C=O) groups excluding carboxylic acids is 2. The van der Waals surface area contributed by atoms with Crippen LogP contribution in [0.3, 0.4) is 0 Å². The van der Waals surface area contributed by atoms with Crippen LogP contribution in [0, 0.1) is 17.6 Å². The van der Waals surface area contributed by atoms with Gasteiger partial charge in [0.05, 0.1) is 18.5 Å². The second kappa shape index (κ2) is 7.50. The molecule has 1 heterocycles. The lowest BCUT2D eigenvalue weighted by Crippen LogP contribution is -2.45. The lowest BCUT2D eigenvalue weighted by Gasteiger charge is -2.30. The van der Waals surface area contributed by atoms with Gasteiger partial charge in [-0.25, -0.2) is 8.78 Å².